The summed E-state index contributed by atoms with van der Waals surface area (Å²) in [5.41, 5.74) is 2.33. The molecule has 0 radical (unpaired) electrons. The Hall–Kier alpha value is -1.86. The summed E-state index contributed by atoms with van der Waals surface area (Å²) in [6.07, 6.45) is -0.744. The van der Waals surface area contributed by atoms with E-state index < -0.39 is 12.1 Å². The second kappa shape index (κ2) is 7.36. The van der Waals surface area contributed by atoms with Gasteiger partial charge in [-0.2, -0.15) is 0 Å². The molecule has 1 aromatic heterocycles. The summed E-state index contributed by atoms with van der Waals surface area (Å²) in [4.78, 5) is 29.1. The summed E-state index contributed by atoms with van der Waals surface area (Å²) in [7, 11) is 0. The van der Waals surface area contributed by atoms with Crippen LogP contribution in [0.15, 0.2) is 0 Å². The molecule has 2 rings (SSSR count). The van der Waals surface area contributed by atoms with Crippen LogP contribution in [0.1, 0.15) is 54.2 Å². The van der Waals surface area contributed by atoms with Crippen molar-refractivity contribution in [3.8, 4) is 0 Å². The van der Waals surface area contributed by atoms with Crippen LogP contribution in [0.3, 0.4) is 0 Å². The van der Waals surface area contributed by atoms with Gasteiger partial charge >= 0.3 is 5.97 Å². The first-order chi connectivity index (χ1) is 11.2. The van der Waals surface area contributed by atoms with Crippen LogP contribution < -0.4 is 0 Å². The zero-order chi connectivity index (χ0) is 18.0. The van der Waals surface area contributed by atoms with E-state index >= 15 is 0 Å². The van der Waals surface area contributed by atoms with Crippen molar-refractivity contribution in [2.24, 2.45) is 0 Å². The fourth-order valence-electron chi connectivity index (χ4n) is 3.27. The Morgan fingerprint density at radius 2 is 1.92 bits per heavy atom. The minimum Gasteiger partial charge on any atom is -0.451 e. The molecule has 0 bridgehead atoms. The fourth-order valence-corrected chi connectivity index (χ4v) is 3.27. The molecule has 1 aromatic rings. The van der Waals surface area contributed by atoms with E-state index in [1.165, 1.54) is 0 Å². The van der Waals surface area contributed by atoms with Gasteiger partial charge in [-0.25, -0.2) is 4.79 Å². The number of amides is 1. The zero-order valence-corrected chi connectivity index (χ0v) is 14.9. The predicted octanol–water partition coefficient (Wildman–Crippen LogP) is 1.48. The molecular weight excluding hydrogens is 312 g/mol. The van der Waals surface area contributed by atoms with Crippen molar-refractivity contribution in [1.29, 1.82) is 0 Å². The van der Waals surface area contributed by atoms with Crippen LogP contribution in [0.2, 0.25) is 0 Å². The van der Waals surface area contributed by atoms with Gasteiger partial charge in [-0.3, -0.25) is 4.79 Å². The third kappa shape index (κ3) is 3.96. The Labute approximate surface area is 141 Å². The summed E-state index contributed by atoms with van der Waals surface area (Å²) < 4.78 is 10.7. The molecule has 1 fully saturated rings. The number of ether oxygens (including phenoxy) is 2. The maximum Gasteiger partial charge on any atom is 0.355 e. The number of nitrogens with one attached hydrogen (secondary N) is 1. The summed E-state index contributed by atoms with van der Waals surface area (Å²) in [5.74, 6) is -0.827. The van der Waals surface area contributed by atoms with Crippen molar-refractivity contribution in [2.75, 3.05) is 19.7 Å². The van der Waals surface area contributed by atoms with Gasteiger partial charge in [0.05, 0.1) is 18.3 Å². The van der Waals surface area contributed by atoms with Gasteiger partial charge in [0.25, 0.3) is 5.91 Å². The van der Waals surface area contributed by atoms with E-state index in [0.717, 1.165) is 5.69 Å². The molecule has 0 aromatic carbocycles. The quantitative estimate of drug-likeness (QED) is 0.811. The van der Waals surface area contributed by atoms with Gasteiger partial charge in [-0.15, -0.1) is 0 Å². The molecule has 24 heavy (non-hydrogen) atoms. The van der Waals surface area contributed by atoms with Crippen LogP contribution in [-0.4, -0.2) is 58.8 Å². The van der Waals surface area contributed by atoms with E-state index in [2.05, 4.69) is 4.98 Å². The number of esters is 1. The van der Waals surface area contributed by atoms with E-state index in [-0.39, 0.29) is 30.4 Å². The minimum atomic E-state index is -0.680. The Morgan fingerprint density at radius 1 is 1.33 bits per heavy atom. The molecule has 1 aliphatic rings. The highest BCUT2D eigenvalue weighted by Crippen LogP contribution is 2.24. The summed E-state index contributed by atoms with van der Waals surface area (Å²) in [5, 5.41) is 9.77. The lowest BCUT2D eigenvalue weighted by Crippen LogP contribution is -2.49. The normalized spacial score (nSPS) is 22.3. The molecule has 2 N–H and O–H groups in total. The molecule has 1 amide bonds. The van der Waals surface area contributed by atoms with Crippen LogP contribution in [0.5, 0.6) is 0 Å². The molecule has 2 heterocycles. The highest BCUT2D eigenvalue weighted by atomic mass is 16.5. The average molecular weight is 338 g/mol. The topological polar surface area (TPSA) is 91.9 Å². The van der Waals surface area contributed by atoms with Gasteiger partial charge in [0.2, 0.25) is 0 Å². The molecule has 7 nitrogen and oxygen atoms in total. The number of morpholine rings is 1. The van der Waals surface area contributed by atoms with E-state index in [1.54, 1.807) is 25.7 Å². The summed E-state index contributed by atoms with van der Waals surface area (Å²) >= 11 is 0. The van der Waals surface area contributed by atoms with Gasteiger partial charge in [0, 0.05) is 24.3 Å². The van der Waals surface area contributed by atoms with Crippen molar-refractivity contribution in [1.82, 2.24) is 9.88 Å². The van der Waals surface area contributed by atoms with Crippen molar-refractivity contribution >= 4 is 11.9 Å². The van der Waals surface area contributed by atoms with E-state index in [0.29, 0.717) is 24.2 Å². The second-order valence-electron chi connectivity index (χ2n) is 6.47. The van der Waals surface area contributed by atoms with Gasteiger partial charge in [0.15, 0.2) is 6.61 Å². The third-order valence-electron chi connectivity index (χ3n) is 4.22. The van der Waals surface area contributed by atoms with Crippen molar-refractivity contribution in [2.45, 2.75) is 52.9 Å². The molecule has 0 saturated carbocycles. The molecule has 7 heteroatoms. The van der Waals surface area contributed by atoms with Gasteiger partial charge in [0.1, 0.15) is 5.69 Å². The zero-order valence-electron chi connectivity index (χ0n) is 14.9. The Kier molecular flexibility index (Phi) is 5.66. The Balaban J connectivity index is 1.98. The standard InChI is InChI=1S/C17H26N2O5/c1-9-6-19(7-10(2)24-9)14(21)8-23-17(22)16-11(3)15(13(5)20)12(4)18-16/h9-10,13,18,20H,6-8H2,1-5H3/t9-,10-,13-/m1/s1. The van der Waals surface area contributed by atoms with Crippen molar-refractivity contribution in [3.63, 3.8) is 0 Å². The average Bonchev–Trinajstić information content (AvgIpc) is 2.78. The predicted molar refractivity (Wildman–Crippen MR) is 87.8 cm³/mol. The fraction of sp³-hybridized carbons (Fsp3) is 0.647. The van der Waals surface area contributed by atoms with Crippen molar-refractivity contribution < 1.29 is 24.2 Å². The van der Waals surface area contributed by atoms with Crippen LogP contribution in [0.25, 0.3) is 0 Å². The SMILES string of the molecule is Cc1[nH]c(C(=O)OCC(=O)N2C[C@@H](C)O[C@H](C)C2)c(C)c1[C@@H](C)O. The third-order valence-corrected chi connectivity index (χ3v) is 4.22. The Bertz CT molecular complexity index is 613. The molecule has 1 aliphatic heterocycles. The van der Waals surface area contributed by atoms with Gasteiger partial charge in [-0.05, 0) is 40.2 Å². The van der Waals surface area contributed by atoms with Gasteiger partial charge in [-0.1, -0.05) is 0 Å². The van der Waals surface area contributed by atoms with E-state index in [9.17, 15) is 14.7 Å². The number of hydrogen-bond donors (Lipinski definition) is 2. The molecule has 134 valence electrons. The lowest BCUT2D eigenvalue weighted by atomic mass is 10.1. The number of aliphatic hydroxyl groups is 1. The number of aromatic nitrogens is 1. The number of aryl methyl sites for hydroxylation is 1. The number of nitrogens with zero attached hydrogens (tertiary/aromatic N) is 1. The summed E-state index contributed by atoms with van der Waals surface area (Å²) in [6, 6.07) is 0. The smallest absolute Gasteiger partial charge is 0.355 e. The minimum absolute atomic E-state index is 0.0321. The van der Waals surface area contributed by atoms with Crippen molar-refractivity contribution in [3.05, 3.63) is 22.5 Å². The molecule has 1 saturated heterocycles. The number of H-pyrrole nitrogens is 1. The highest BCUT2D eigenvalue weighted by Gasteiger charge is 2.27. The largest absolute Gasteiger partial charge is 0.451 e. The van der Waals surface area contributed by atoms with Crippen LogP contribution in [0, 0.1) is 13.8 Å². The first kappa shape index (κ1) is 18.5. The second-order valence-corrected chi connectivity index (χ2v) is 6.47. The monoisotopic (exact) mass is 338 g/mol. The van der Waals surface area contributed by atoms with Crippen LogP contribution in [0.4, 0.5) is 0 Å². The number of rotatable bonds is 4. The number of hydrogen-bond acceptors (Lipinski definition) is 5. The molecule has 3 atom stereocenters. The first-order valence-corrected chi connectivity index (χ1v) is 8.18. The van der Waals surface area contributed by atoms with E-state index in [4.69, 9.17) is 9.47 Å². The maximum atomic E-state index is 12.2. The lowest BCUT2D eigenvalue weighted by molar-refractivity contribution is -0.146. The number of aliphatic hydroxyl groups excluding tert-OH is 1. The number of carbonyl (C=O) groups excluding carboxylic acids is 2. The molecule has 0 aliphatic carbocycles. The summed E-state index contributed by atoms with van der Waals surface area (Å²) in [6.45, 7) is 9.67. The van der Waals surface area contributed by atoms with E-state index in [1.807, 2.05) is 13.8 Å². The lowest BCUT2D eigenvalue weighted by Gasteiger charge is -2.35. The number of aromatic amines is 1. The van der Waals surface area contributed by atoms with Crippen LogP contribution in [-0.2, 0) is 14.3 Å². The first-order valence-electron chi connectivity index (χ1n) is 8.18. The molecular formula is C17H26N2O5. The molecule has 0 unspecified atom stereocenters. The maximum absolute atomic E-state index is 12.2. The molecule has 0 spiro atoms. The van der Waals surface area contributed by atoms with Crippen LogP contribution >= 0.6 is 0 Å². The highest BCUT2D eigenvalue weighted by molar-refractivity contribution is 5.91. The van der Waals surface area contributed by atoms with Gasteiger partial charge < -0.3 is 24.5 Å². The Morgan fingerprint density at radius 3 is 2.42 bits per heavy atom. The number of carbonyl (C=O) groups is 2.